The van der Waals surface area contributed by atoms with E-state index in [1.54, 1.807) is 30.3 Å². The topological polar surface area (TPSA) is 83.7 Å². The summed E-state index contributed by atoms with van der Waals surface area (Å²) in [4.78, 5) is 16.5. The summed E-state index contributed by atoms with van der Waals surface area (Å²) in [5.74, 6) is 1.35. The third-order valence-corrected chi connectivity index (χ3v) is 4.29. The lowest BCUT2D eigenvalue weighted by molar-refractivity contribution is 0.0429. The number of carbonyl (C=O) groups is 1. The molecule has 1 aromatic heterocycles. The highest BCUT2D eigenvalue weighted by Gasteiger charge is 2.15. The van der Waals surface area contributed by atoms with E-state index < -0.39 is 5.97 Å². The van der Waals surface area contributed by atoms with Crippen molar-refractivity contribution in [3.63, 3.8) is 0 Å². The Hall–Kier alpha value is -3.06. The fraction of sp³-hybridized carbons (Fsp3) is 0.286. The molecule has 0 spiro atoms. The Morgan fingerprint density at radius 1 is 1.10 bits per heavy atom. The van der Waals surface area contributed by atoms with Crippen molar-refractivity contribution in [2.24, 2.45) is 0 Å². The zero-order valence-electron chi connectivity index (χ0n) is 16.3. The monoisotopic (exact) mass is 416 g/mol. The van der Waals surface area contributed by atoms with E-state index in [-0.39, 0.29) is 18.4 Å². The van der Waals surface area contributed by atoms with Gasteiger partial charge in [0.1, 0.15) is 6.61 Å². The number of rotatable bonds is 8. The minimum Gasteiger partial charge on any atom is -0.493 e. The molecule has 7 nitrogen and oxygen atoms in total. The zero-order chi connectivity index (χ0) is 20.8. The van der Waals surface area contributed by atoms with Crippen LogP contribution in [0.25, 0.3) is 0 Å². The maximum atomic E-state index is 12.3. The van der Waals surface area contributed by atoms with Gasteiger partial charge in [-0.3, -0.25) is 0 Å². The lowest BCUT2D eigenvalue weighted by atomic mass is 10.2. The Kier molecular flexibility index (Phi) is 6.72. The maximum Gasteiger partial charge on any atom is 0.338 e. The van der Waals surface area contributed by atoms with Crippen molar-refractivity contribution in [3.8, 4) is 11.5 Å². The summed E-state index contributed by atoms with van der Waals surface area (Å²) < 4.78 is 21.4. The fourth-order valence-electron chi connectivity index (χ4n) is 2.43. The molecule has 2 aromatic carbocycles. The average Bonchev–Trinajstić information content (AvgIpc) is 3.21. The molecule has 152 valence electrons. The van der Waals surface area contributed by atoms with Gasteiger partial charge < -0.3 is 18.7 Å². The second kappa shape index (κ2) is 9.43. The van der Waals surface area contributed by atoms with Gasteiger partial charge in [-0.25, -0.2) is 4.79 Å². The van der Waals surface area contributed by atoms with Crippen molar-refractivity contribution >= 4 is 17.6 Å². The SMILES string of the molecule is COc1cc(C(=O)OCc2nc(C(C)C)no2)ccc1OCc1ccc(Cl)cc1. The maximum absolute atomic E-state index is 12.3. The van der Waals surface area contributed by atoms with Crippen molar-refractivity contribution in [3.05, 3.63) is 70.3 Å². The van der Waals surface area contributed by atoms with Crippen molar-refractivity contribution in [1.82, 2.24) is 10.1 Å². The largest absolute Gasteiger partial charge is 0.493 e. The Labute approximate surface area is 173 Å². The minimum atomic E-state index is -0.531. The van der Waals surface area contributed by atoms with Crippen molar-refractivity contribution < 1.29 is 23.5 Å². The predicted molar refractivity (Wildman–Crippen MR) is 106 cm³/mol. The van der Waals surface area contributed by atoms with Gasteiger partial charge in [0.05, 0.1) is 12.7 Å². The molecule has 3 rings (SSSR count). The van der Waals surface area contributed by atoms with Crippen molar-refractivity contribution in [2.75, 3.05) is 7.11 Å². The first kappa shape index (κ1) is 20.7. The van der Waals surface area contributed by atoms with Gasteiger partial charge in [-0.15, -0.1) is 0 Å². The molecule has 1 heterocycles. The van der Waals surface area contributed by atoms with Crippen LogP contribution in [0.3, 0.4) is 0 Å². The van der Waals surface area contributed by atoms with E-state index in [0.717, 1.165) is 5.56 Å². The van der Waals surface area contributed by atoms with E-state index in [1.165, 1.54) is 7.11 Å². The number of ether oxygens (including phenoxy) is 3. The molecule has 0 bridgehead atoms. The molecule has 0 N–H and O–H groups in total. The summed E-state index contributed by atoms with van der Waals surface area (Å²) in [6, 6.07) is 12.2. The zero-order valence-corrected chi connectivity index (χ0v) is 17.1. The quantitative estimate of drug-likeness (QED) is 0.488. The average molecular weight is 417 g/mol. The Bertz CT molecular complexity index is 969. The molecule has 0 unspecified atom stereocenters. The number of methoxy groups -OCH3 is 1. The van der Waals surface area contributed by atoms with Crippen LogP contribution in [0, 0.1) is 0 Å². The van der Waals surface area contributed by atoms with Crippen LogP contribution in [0.4, 0.5) is 0 Å². The molecule has 0 saturated heterocycles. The van der Waals surface area contributed by atoms with Gasteiger partial charge >= 0.3 is 5.97 Å². The van der Waals surface area contributed by atoms with Crippen LogP contribution in [0.1, 0.15) is 47.4 Å². The minimum absolute atomic E-state index is 0.102. The number of benzene rings is 2. The molecule has 0 radical (unpaired) electrons. The lowest BCUT2D eigenvalue weighted by Crippen LogP contribution is -2.06. The molecule has 0 aliphatic carbocycles. The van der Waals surface area contributed by atoms with Gasteiger partial charge in [0.2, 0.25) is 0 Å². The summed E-state index contributed by atoms with van der Waals surface area (Å²) in [5.41, 5.74) is 1.28. The van der Waals surface area contributed by atoms with E-state index in [1.807, 2.05) is 26.0 Å². The molecule has 0 amide bonds. The lowest BCUT2D eigenvalue weighted by Gasteiger charge is -2.12. The van der Waals surface area contributed by atoms with Gasteiger partial charge in [0, 0.05) is 10.9 Å². The summed E-state index contributed by atoms with van der Waals surface area (Å²) in [7, 11) is 1.51. The highest BCUT2D eigenvalue weighted by atomic mass is 35.5. The van der Waals surface area contributed by atoms with Gasteiger partial charge in [-0.1, -0.05) is 42.7 Å². The number of halogens is 1. The number of nitrogens with zero attached hydrogens (tertiary/aromatic N) is 2. The molecule has 29 heavy (non-hydrogen) atoms. The fourth-order valence-corrected chi connectivity index (χ4v) is 2.55. The second-order valence-corrected chi connectivity index (χ2v) is 6.99. The number of hydrogen-bond acceptors (Lipinski definition) is 7. The number of carbonyl (C=O) groups excluding carboxylic acids is 1. The highest BCUT2D eigenvalue weighted by molar-refractivity contribution is 6.30. The molecule has 0 aliphatic rings. The third-order valence-electron chi connectivity index (χ3n) is 4.03. The second-order valence-electron chi connectivity index (χ2n) is 6.56. The van der Waals surface area contributed by atoms with Crippen LogP contribution < -0.4 is 9.47 Å². The summed E-state index contributed by atoms with van der Waals surface area (Å²) in [6.07, 6.45) is 0. The van der Waals surface area contributed by atoms with E-state index in [2.05, 4.69) is 10.1 Å². The summed E-state index contributed by atoms with van der Waals surface area (Å²) in [6.45, 7) is 4.13. The number of esters is 1. The van der Waals surface area contributed by atoms with Crippen LogP contribution in [-0.4, -0.2) is 23.2 Å². The predicted octanol–water partition coefficient (Wildman–Crippen LogP) is 4.79. The Morgan fingerprint density at radius 3 is 2.52 bits per heavy atom. The van der Waals surface area contributed by atoms with Crippen LogP contribution in [0.2, 0.25) is 5.02 Å². The van der Waals surface area contributed by atoms with E-state index in [9.17, 15) is 4.79 Å². The van der Waals surface area contributed by atoms with Crippen LogP contribution >= 0.6 is 11.6 Å². The normalized spacial score (nSPS) is 10.8. The third kappa shape index (κ3) is 5.48. The van der Waals surface area contributed by atoms with Gasteiger partial charge in [0.25, 0.3) is 5.89 Å². The Balaban J connectivity index is 1.62. The molecule has 0 atom stereocenters. The van der Waals surface area contributed by atoms with Gasteiger partial charge in [-0.05, 0) is 35.9 Å². The first-order valence-electron chi connectivity index (χ1n) is 9.01. The molecular formula is C21H21ClN2O5. The van der Waals surface area contributed by atoms with E-state index in [0.29, 0.717) is 34.5 Å². The number of aromatic nitrogens is 2. The molecule has 0 saturated carbocycles. The highest BCUT2D eigenvalue weighted by Crippen LogP contribution is 2.29. The molecule has 3 aromatic rings. The Morgan fingerprint density at radius 2 is 1.86 bits per heavy atom. The smallest absolute Gasteiger partial charge is 0.338 e. The van der Waals surface area contributed by atoms with Gasteiger partial charge in [-0.2, -0.15) is 4.98 Å². The van der Waals surface area contributed by atoms with Crippen LogP contribution in [0.5, 0.6) is 11.5 Å². The number of hydrogen-bond donors (Lipinski definition) is 0. The first-order valence-corrected chi connectivity index (χ1v) is 9.39. The van der Waals surface area contributed by atoms with Crippen LogP contribution in [0.15, 0.2) is 47.0 Å². The standard InChI is InChI=1S/C21H21ClN2O5/c1-13(2)20-23-19(29-24-20)12-28-21(25)15-6-9-17(18(10-15)26-3)27-11-14-4-7-16(22)8-5-14/h4-10,13H,11-12H2,1-3H3. The van der Waals surface area contributed by atoms with Crippen molar-refractivity contribution in [1.29, 1.82) is 0 Å². The van der Waals surface area contributed by atoms with E-state index >= 15 is 0 Å². The first-order chi connectivity index (χ1) is 14.0. The summed E-state index contributed by atoms with van der Waals surface area (Å²) >= 11 is 5.89. The molecule has 0 fully saturated rings. The van der Waals surface area contributed by atoms with Gasteiger partial charge in [0.15, 0.2) is 23.9 Å². The molecular weight excluding hydrogens is 396 g/mol. The summed E-state index contributed by atoms with van der Waals surface area (Å²) in [5, 5.41) is 4.50. The van der Waals surface area contributed by atoms with Crippen LogP contribution in [-0.2, 0) is 18.0 Å². The van der Waals surface area contributed by atoms with Crippen molar-refractivity contribution in [2.45, 2.75) is 33.0 Å². The van der Waals surface area contributed by atoms with E-state index in [4.69, 9.17) is 30.3 Å². The molecule has 0 aliphatic heterocycles. The molecule has 8 heteroatoms.